The van der Waals surface area contributed by atoms with Crippen molar-refractivity contribution in [3.8, 4) is 5.75 Å². The van der Waals surface area contributed by atoms with Gasteiger partial charge in [0.05, 0.1) is 13.2 Å². The second-order valence-corrected chi connectivity index (χ2v) is 5.16. The summed E-state index contributed by atoms with van der Waals surface area (Å²) in [6.07, 6.45) is -6.55. The van der Waals surface area contributed by atoms with Crippen molar-refractivity contribution in [3.63, 3.8) is 0 Å². The number of esters is 1. The van der Waals surface area contributed by atoms with Gasteiger partial charge < -0.3 is 34.6 Å². The molecule has 1 aliphatic heterocycles. The van der Waals surface area contributed by atoms with Crippen molar-refractivity contribution in [2.75, 3.05) is 6.61 Å². The second-order valence-electron chi connectivity index (χ2n) is 5.16. The SMILES string of the molecule is CC(=O)OC1C(Oc2ccccc2CO)OC(CO)C(O)C1O. The van der Waals surface area contributed by atoms with Gasteiger partial charge in [-0.15, -0.1) is 0 Å². The van der Waals surface area contributed by atoms with E-state index in [0.717, 1.165) is 6.92 Å². The van der Waals surface area contributed by atoms with E-state index in [1.807, 2.05) is 0 Å². The summed E-state index contributed by atoms with van der Waals surface area (Å²) in [5, 5.41) is 38.5. The molecule has 4 N–H and O–H groups in total. The fourth-order valence-corrected chi connectivity index (χ4v) is 2.34. The van der Waals surface area contributed by atoms with Crippen molar-refractivity contribution in [2.45, 2.75) is 44.2 Å². The number of aliphatic hydroxyl groups is 4. The molecule has 1 heterocycles. The van der Waals surface area contributed by atoms with Gasteiger partial charge in [-0.05, 0) is 6.07 Å². The normalized spacial score (nSPS) is 30.7. The molecule has 0 radical (unpaired) electrons. The van der Waals surface area contributed by atoms with Crippen molar-refractivity contribution < 1.29 is 39.4 Å². The maximum atomic E-state index is 11.2. The summed E-state index contributed by atoms with van der Waals surface area (Å²) in [5.41, 5.74) is 0.471. The van der Waals surface area contributed by atoms with Gasteiger partial charge in [0.15, 0.2) is 6.10 Å². The standard InChI is InChI=1S/C15H20O8/c1-8(18)21-14-13(20)12(19)11(7-17)23-15(14)22-10-5-3-2-4-9(10)6-16/h2-5,11-17,19-20H,6-7H2,1H3. The van der Waals surface area contributed by atoms with Gasteiger partial charge in [-0.25, -0.2) is 0 Å². The van der Waals surface area contributed by atoms with E-state index in [4.69, 9.17) is 14.2 Å². The summed E-state index contributed by atoms with van der Waals surface area (Å²) in [6.45, 7) is 0.318. The fourth-order valence-electron chi connectivity index (χ4n) is 2.34. The van der Waals surface area contributed by atoms with Crippen LogP contribution in [0.25, 0.3) is 0 Å². The van der Waals surface area contributed by atoms with Crippen LogP contribution in [-0.4, -0.2) is 63.7 Å². The molecule has 1 aromatic rings. The minimum atomic E-state index is -1.49. The van der Waals surface area contributed by atoms with Crippen LogP contribution in [0.5, 0.6) is 5.75 Å². The molecule has 5 unspecified atom stereocenters. The Morgan fingerprint density at radius 2 is 1.91 bits per heavy atom. The molecule has 8 nitrogen and oxygen atoms in total. The van der Waals surface area contributed by atoms with Crippen LogP contribution in [0.15, 0.2) is 24.3 Å². The maximum Gasteiger partial charge on any atom is 0.303 e. The first-order valence-corrected chi connectivity index (χ1v) is 7.13. The third-order valence-electron chi connectivity index (χ3n) is 3.51. The van der Waals surface area contributed by atoms with Crippen LogP contribution in [-0.2, 0) is 20.9 Å². The molecule has 5 atom stereocenters. The number of carbonyl (C=O) groups excluding carboxylic acids is 1. The van der Waals surface area contributed by atoms with Crippen LogP contribution in [0.3, 0.4) is 0 Å². The summed E-state index contributed by atoms with van der Waals surface area (Å²) < 4.78 is 16.0. The van der Waals surface area contributed by atoms with E-state index < -0.39 is 43.3 Å². The Labute approximate surface area is 132 Å². The minimum absolute atomic E-state index is 0.275. The van der Waals surface area contributed by atoms with E-state index in [1.165, 1.54) is 0 Å². The van der Waals surface area contributed by atoms with Crippen molar-refractivity contribution in [1.29, 1.82) is 0 Å². The van der Waals surface area contributed by atoms with E-state index in [1.54, 1.807) is 24.3 Å². The lowest BCUT2D eigenvalue weighted by Crippen LogP contribution is -2.61. The molecule has 0 bridgehead atoms. The number of hydrogen-bond acceptors (Lipinski definition) is 8. The lowest BCUT2D eigenvalue weighted by atomic mass is 9.99. The molecule has 23 heavy (non-hydrogen) atoms. The Bertz CT molecular complexity index is 534. The van der Waals surface area contributed by atoms with E-state index >= 15 is 0 Å². The molecular weight excluding hydrogens is 308 g/mol. The summed E-state index contributed by atoms with van der Waals surface area (Å²) in [6, 6.07) is 6.59. The molecule has 8 heteroatoms. The first-order valence-electron chi connectivity index (χ1n) is 7.13. The Hall–Kier alpha value is -1.71. The number of benzene rings is 1. The molecule has 0 amide bonds. The molecule has 1 aromatic carbocycles. The number of carbonyl (C=O) groups is 1. The average Bonchev–Trinajstić information content (AvgIpc) is 2.54. The van der Waals surface area contributed by atoms with Crippen molar-refractivity contribution in [1.82, 2.24) is 0 Å². The van der Waals surface area contributed by atoms with Crippen molar-refractivity contribution in [3.05, 3.63) is 29.8 Å². The van der Waals surface area contributed by atoms with Gasteiger partial charge in [-0.2, -0.15) is 0 Å². The summed E-state index contributed by atoms with van der Waals surface area (Å²) in [4.78, 5) is 11.2. The Kier molecular flexibility index (Phi) is 5.91. The van der Waals surface area contributed by atoms with Gasteiger partial charge in [0.2, 0.25) is 6.29 Å². The van der Waals surface area contributed by atoms with Gasteiger partial charge in [0, 0.05) is 12.5 Å². The zero-order valence-corrected chi connectivity index (χ0v) is 12.5. The molecule has 0 aromatic heterocycles. The molecule has 1 fully saturated rings. The molecular formula is C15H20O8. The number of aliphatic hydroxyl groups excluding tert-OH is 4. The Morgan fingerprint density at radius 1 is 1.22 bits per heavy atom. The van der Waals surface area contributed by atoms with Gasteiger partial charge in [-0.3, -0.25) is 4.79 Å². The van der Waals surface area contributed by atoms with Gasteiger partial charge in [0.25, 0.3) is 0 Å². The van der Waals surface area contributed by atoms with Crippen LogP contribution >= 0.6 is 0 Å². The molecule has 1 aliphatic rings. The molecule has 128 valence electrons. The van der Waals surface area contributed by atoms with E-state index in [-0.39, 0.29) is 12.4 Å². The molecule has 0 spiro atoms. The van der Waals surface area contributed by atoms with E-state index in [2.05, 4.69) is 0 Å². The van der Waals surface area contributed by atoms with Crippen molar-refractivity contribution in [2.24, 2.45) is 0 Å². The zero-order valence-electron chi connectivity index (χ0n) is 12.5. The number of ether oxygens (including phenoxy) is 3. The number of rotatable bonds is 5. The first-order chi connectivity index (χ1) is 11.0. The van der Waals surface area contributed by atoms with Crippen molar-refractivity contribution >= 4 is 5.97 Å². The summed E-state index contributed by atoms with van der Waals surface area (Å²) >= 11 is 0. The van der Waals surface area contributed by atoms with Gasteiger partial charge >= 0.3 is 5.97 Å². The maximum absolute atomic E-state index is 11.2. The number of hydrogen-bond donors (Lipinski definition) is 4. The topological polar surface area (TPSA) is 126 Å². The van der Waals surface area contributed by atoms with E-state index in [9.17, 15) is 25.2 Å². The van der Waals surface area contributed by atoms with E-state index in [0.29, 0.717) is 5.56 Å². The lowest BCUT2D eigenvalue weighted by molar-refractivity contribution is -0.282. The monoisotopic (exact) mass is 328 g/mol. The van der Waals surface area contributed by atoms with Crippen LogP contribution < -0.4 is 4.74 Å². The fraction of sp³-hybridized carbons (Fsp3) is 0.533. The molecule has 2 rings (SSSR count). The van der Waals surface area contributed by atoms with Crippen LogP contribution in [0.4, 0.5) is 0 Å². The highest BCUT2D eigenvalue weighted by Gasteiger charge is 2.47. The van der Waals surface area contributed by atoms with Gasteiger partial charge in [-0.1, -0.05) is 18.2 Å². The van der Waals surface area contributed by atoms with Crippen LogP contribution in [0, 0.1) is 0 Å². The molecule has 1 saturated heterocycles. The minimum Gasteiger partial charge on any atom is -0.460 e. The lowest BCUT2D eigenvalue weighted by Gasteiger charge is -2.41. The second kappa shape index (κ2) is 7.71. The molecule has 0 saturated carbocycles. The van der Waals surface area contributed by atoms with Crippen LogP contribution in [0.2, 0.25) is 0 Å². The largest absolute Gasteiger partial charge is 0.460 e. The molecule has 0 aliphatic carbocycles. The Balaban J connectivity index is 2.25. The van der Waals surface area contributed by atoms with Gasteiger partial charge in [0.1, 0.15) is 24.1 Å². The summed E-state index contributed by atoms with van der Waals surface area (Å²) in [5.74, 6) is -0.409. The third-order valence-corrected chi connectivity index (χ3v) is 3.51. The predicted molar refractivity (Wildman–Crippen MR) is 76.3 cm³/mol. The Morgan fingerprint density at radius 3 is 2.52 bits per heavy atom. The third kappa shape index (κ3) is 3.98. The average molecular weight is 328 g/mol. The highest BCUT2D eigenvalue weighted by atomic mass is 16.7. The smallest absolute Gasteiger partial charge is 0.303 e. The highest BCUT2D eigenvalue weighted by molar-refractivity contribution is 5.66. The van der Waals surface area contributed by atoms with Crippen LogP contribution in [0.1, 0.15) is 12.5 Å². The highest BCUT2D eigenvalue weighted by Crippen LogP contribution is 2.28. The first kappa shape index (κ1) is 17.6. The predicted octanol–water partition coefficient (Wildman–Crippen LogP) is -1.07. The number of para-hydroxylation sites is 1. The quantitative estimate of drug-likeness (QED) is 0.503. The summed E-state index contributed by atoms with van der Waals surface area (Å²) in [7, 11) is 0. The zero-order chi connectivity index (χ0) is 17.0.